The molecule has 0 aliphatic heterocycles. The lowest BCUT2D eigenvalue weighted by molar-refractivity contribution is -0.0893. The molecule has 0 saturated carbocycles. The van der Waals surface area contributed by atoms with Gasteiger partial charge in [0.25, 0.3) is 0 Å². The van der Waals surface area contributed by atoms with Crippen LogP contribution in [-0.4, -0.2) is 28.8 Å². The third-order valence-corrected chi connectivity index (χ3v) is 7.41. The van der Waals surface area contributed by atoms with Gasteiger partial charge in [-0.1, -0.05) is 89.5 Å². The minimum atomic E-state index is -0.920. The molecule has 0 aliphatic carbocycles. The molecule has 3 rings (SSSR count). The van der Waals surface area contributed by atoms with Gasteiger partial charge in [-0.05, 0) is 73.8 Å². The second-order valence-electron chi connectivity index (χ2n) is 13.2. The number of hydrogen-bond acceptors (Lipinski definition) is 3. The number of aromatic nitrogens is 1. The first-order chi connectivity index (χ1) is 16.4. The summed E-state index contributed by atoms with van der Waals surface area (Å²) in [5.41, 5.74) is 8.00. The maximum atomic E-state index is 10.3. The number of rotatable bonds is 6. The molecule has 3 aromatic rings. The summed E-state index contributed by atoms with van der Waals surface area (Å²) in [7, 11) is 0.447. The average Bonchev–Trinajstić information content (AvgIpc) is 2.76. The van der Waals surface area contributed by atoms with Crippen LogP contribution >= 0.6 is 0 Å². The predicted molar refractivity (Wildman–Crippen MR) is 155 cm³/mol. The molecule has 0 bridgehead atoms. The SMILES string of the molecule is Cc1cc(-c2ccc(BOC(C)(C)C(C)(C)O)cc2)ncc1-c1cc(C(C)(C)C)cc(C(C)(C)C)c1. The van der Waals surface area contributed by atoms with E-state index in [0.717, 1.165) is 16.7 Å². The normalized spacial score (nSPS) is 13.1. The van der Waals surface area contributed by atoms with Crippen LogP contribution in [0.3, 0.4) is 0 Å². The minimum absolute atomic E-state index is 0.0743. The van der Waals surface area contributed by atoms with Crippen molar-refractivity contribution in [1.29, 1.82) is 0 Å². The molecule has 0 saturated heterocycles. The molecule has 36 heavy (non-hydrogen) atoms. The van der Waals surface area contributed by atoms with Gasteiger partial charge in [-0.2, -0.15) is 0 Å². The first-order valence-electron chi connectivity index (χ1n) is 13.0. The highest BCUT2D eigenvalue weighted by atomic mass is 16.5. The Morgan fingerprint density at radius 2 is 1.25 bits per heavy atom. The number of aryl methyl sites for hydroxylation is 1. The molecule has 1 N–H and O–H groups in total. The van der Waals surface area contributed by atoms with Crippen LogP contribution in [0, 0.1) is 6.92 Å². The van der Waals surface area contributed by atoms with Gasteiger partial charge in [0, 0.05) is 17.3 Å². The van der Waals surface area contributed by atoms with Crippen molar-refractivity contribution in [2.45, 2.75) is 98.2 Å². The fourth-order valence-electron chi connectivity index (χ4n) is 3.88. The summed E-state index contributed by atoms with van der Waals surface area (Å²) in [6, 6.07) is 17.5. The fourth-order valence-corrected chi connectivity index (χ4v) is 3.88. The van der Waals surface area contributed by atoms with Crippen LogP contribution in [0.1, 0.15) is 85.9 Å². The Morgan fingerprint density at radius 3 is 1.69 bits per heavy atom. The number of pyridine rings is 1. The Balaban J connectivity index is 1.88. The van der Waals surface area contributed by atoms with E-state index in [1.807, 2.05) is 20.0 Å². The predicted octanol–water partition coefficient (Wildman–Crippen LogP) is 6.86. The number of hydrogen-bond donors (Lipinski definition) is 1. The largest absolute Gasteiger partial charge is 0.427 e. The summed E-state index contributed by atoms with van der Waals surface area (Å²) < 4.78 is 6.01. The molecule has 0 unspecified atom stereocenters. The van der Waals surface area contributed by atoms with Crippen LogP contribution in [0.2, 0.25) is 0 Å². The zero-order valence-corrected chi connectivity index (χ0v) is 24.2. The van der Waals surface area contributed by atoms with E-state index >= 15 is 0 Å². The number of benzene rings is 2. The van der Waals surface area contributed by atoms with Crippen molar-refractivity contribution in [2.75, 3.05) is 0 Å². The highest BCUT2D eigenvalue weighted by Gasteiger charge is 2.35. The van der Waals surface area contributed by atoms with Gasteiger partial charge in [0.15, 0.2) is 0 Å². The molecule has 0 aliphatic rings. The van der Waals surface area contributed by atoms with Crippen molar-refractivity contribution in [1.82, 2.24) is 4.98 Å². The van der Waals surface area contributed by atoms with E-state index in [0.29, 0.717) is 7.48 Å². The molecule has 0 amide bonds. The summed E-state index contributed by atoms with van der Waals surface area (Å²) in [6.45, 7) is 23.2. The van der Waals surface area contributed by atoms with E-state index < -0.39 is 11.2 Å². The lowest BCUT2D eigenvalue weighted by Gasteiger charge is -2.37. The number of nitrogens with zero attached hydrogens (tertiary/aromatic N) is 1. The third-order valence-electron chi connectivity index (χ3n) is 7.41. The highest BCUT2D eigenvalue weighted by molar-refractivity contribution is 6.47. The molecule has 1 aromatic heterocycles. The second-order valence-corrected chi connectivity index (χ2v) is 13.2. The molecule has 0 fully saturated rings. The molecule has 4 heteroatoms. The van der Waals surface area contributed by atoms with Gasteiger partial charge >= 0.3 is 7.48 Å². The lowest BCUT2D eigenvalue weighted by Crippen LogP contribution is -2.49. The van der Waals surface area contributed by atoms with Crippen LogP contribution in [0.15, 0.2) is 54.7 Å². The van der Waals surface area contributed by atoms with Gasteiger partial charge in [0.1, 0.15) is 0 Å². The van der Waals surface area contributed by atoms with Gasteiger partial charge in [-0.3, -0.25) is 4.98 Å². The number of aliphatic hydroxyl groups is 1. The second kappa shape index (κ2) is 9.80. The Labute approximate surface area is 219 Å². The molecule has 0 spiro atoms. The summed E-state index contributed by atoms with van der Waals surface area (Å²) in [5, 5.41) is 10.3. The van der Waals surface area contributed by atoms with Crippen LogP contribution in [-0.2, 0) is 15.5 Å². The van der Waals surface area contributed by atoms with Crippen molar-refractivity contribution >= 4 is 12.9 Å². The first-order valence-corrected chi connectivity index (χ1v) is 13.0. The quantitative estimate of drug-likeness (QED) is 0.388. The van der Waals surface area contributed by atoms with E-state index in [2.05, 4.69) is 97.0 Å². The monoisotopic (exact) mass is 485 g/mol. The molecule has 192 valence electrons. The Kier molecular flexibility index (Phi) is 7.66. The van der Waals surface area contributed by atoms with Gasteiger partial charge in [-0.15, -0.1) is 0 Å². The summed E-state index contributed by atoms with van der Waals surface area (Å²) >= 11 is 0. The van der Waals surface area contributed by atoms with E-state index in [1.54, 1.807) is 13.8 Å². The maximum Gasteiger partial charge on any atom is 0.309 e. The van der Waals surface area contributed by atoms with Crippen LogP contribution in [0.4, 0.5) is 0 Å². The smallest absolute Gasteiger partial charge is 0.309 e. The molecule has 2 aromatic carbocycles. The molecular weight excluding hydrogens is 441 g/mol. The summed E-state index contributed by atoms with van der Waals surface area (Å²) in [5.74, 6) is 0. The van der Waals surface area contributed by atoms with Gasteiger partial charge in [0.2, 0.25) is 0 Å². The van der Waals surface area contributed by atoms with E-state index in [-0.39, 0.29) is 10.8 Å². The fraction of sp³-hybridized carbons (Fsp3) is 0.469. The topological polar surface area (TPSA) is 42.4 Å². The average molecular weight is 486 g/mol. The zero-order valence-electron chi connectivity index (χ0n) is 24.2. The Hall–Kier alpha value is -2.43. The zero-order chi connectivity index (χ0) is 27.1. The van der Waals surface area contributed by atoms with Crippen molar-refractivity contribution in [3.63, 3.8) is 0 Å². The third kappa shape index (κ3) is 6.46. The van der Waals surface area contributed by atoms with Crippen LogP contribution < -0.4 is 5.46 Å². The minimum Gasteiger partial charge on any atom is -0.427 e. The highest BCUT2D eigenvalue weighted by Crippen LogP contribution is 2.35. The van der Waals surface area contributed by atoms with E-state index in [4.69, 9.17) is 9.64 Å². The molecule has 3 nitrogen and oxygen atoms in total. The summed E-state index contributed by atoms with van der Waals surface area (Å²) in [6.07, 6.45) is 2.02. The van der Waals surface area contributed by atoms with Crippen molar-refractivity contribution in [3.05, 3.63) is 71.4 Å². The Morgan fingerprint density at radius 1 is 0.722 bits per heavy atom. The van der Waals surface area contributed by atoms with E-state index in [1.165, 1.54) is 27.8 Å². The first kappa shape index (κ1) is 28.2. The molecule has 1 heterocycles. The maximum absolute atomic E-state index is 10.3. The standard InChI is InChI=1S/C32H44BNO2/c1-21-16-28(22-12-14-26(15-13-22)33-36-32(10,11)31(8,9)35)34-20-27(21)23-17-24(29(2,3)4)19-25(18-23)30(5,6)7/h12-20,33,35H,1-11H3. The van der Waals surface area contributed by atoms with E-state index in [9.17, 15) is 5.11 Å². The molecular formula is C32H44BNO2. The van der Waals surface area contributed by atoms with Crippen molar-refractivity contribution in [3.8, 4) is 22.4 Å². The lowest BCUT2D eigenvalue weighted by atomic mass is 9.78. The van der Waals surface area contributed by atoms with Gasteiger partial charge < -0.3 is 9.76 Å². The molecule has 0 atom stereocenters. The van der Waals surface area contributed by atoms with Crippen LogP contribution in [0.5, 0.6) is 0 Å². The van der Waals surface area contributed by atoms with Crippen molar-refractivity contribution < 1.29 is 9.76 Å². The molecule has 0 radical (unpaired) electrons. The van der Waals surface area contributed by atoms with Gasteiger partial charge in [-0.25, -0.2) is 0 Å². The Bertz CT molecular complexity index is 1170. The van der Waals surface area contributed by atoms with Crippen molar-refractivity contribution in [2.24, 2.45) is 0 Å². The van der Waals surface area contributed by atoms with Gasteiger partial charge in [0.05, 0.1) is 16.9 Å². The van der Waals surface area contributed by atoms with Crippen LogP contribution in [0.25, 0.3) is 22.4 Å². The summed E-state index contributed by atoms with van der Waals surface area (Å²) in [4.78, 5) is 4.85.